The number of hydrogen-bond acceptors (Lipinski definition) is 6. The van der Waals surface area contributed by atoms with Gasteiger partial charge in [0.1, 0.15) is 23.9 Å². The normalized spacial score (nSPS) is 15.0. The summed E-state index contributed by atoms with van der Waals surface area (Å²) < 4.78 is 12.7. The summed E-state index contributed by atoms with van der Waals surface area (Å²) in [6.45, 7) is 1.49. The molecule has 0 saturated carbocycles. The number of anilines is 2. The van der Waals surface area contributed by atoms with Crippen molar-refractivity contribution in [1.82, 2.24) is 14.8 Å². The number of hydrogen-bond donors (Lipinski definition) is 2. The van der Waals surface area contributed by atoms with E-state index in [1.165, 1.54) is 13.3 Å². The van der Waals surface area contributed by atoms with Gasteiger partial charge in [-0.15, -0.1) is 0 Å². The Hall–Kier alpha value is -3.81. The molecule has 1 aliphatic heterocycles. The highest BCUT2D eigenvalue weighted by Gasteiger charge is 2.26. The van der Waals surface area contributed by atoms with Gasteiger partial charge in [-0.1, -0.05) is 12.1 Å². The molecule has 4 rings (SSSR count). The number of nitrogens with zero attached hydrogens (tertiary/aromatic N) is 3. The van der Waals surface area contributed by atoms with E-state index in [-0.39, 0.29) is 11.9 Å². The highest BCUT2D eigenvalue weighted by atomic mass is 16.5. The van der Waals surface area contributed by atoms with Gasteiger partial charge in [-0.3, -0.25) is 4.79 Å². The number of benzene rings is 2. The lowest BCUT2D eigenvalue weighted by atomic mass is 10.0. The van der Waals surface area contributed by atoms with Crippen LogP contribution in [0.25, 0.3) is 5.70 Å². The van der Waals surface area contributed by atoms with E-state index in [4.69, 9.17) is 9.47 Å². The number of methoxy groups -OCH3 is 2. The Kier molecular flexibility index (Phi) is 4.90. The van der Waals surface area contributed by atoms with Gasteiger partial charge in [-0.05, 0) is 35.9 Å². The Morgan fingerprint density at radius 3 is 2.79 bits per heavy atom. The standard InChI is InChI=1S/C21H21N5O3/c1-13(27)24-15-6-4-5-14(9-15)18-11-19(26-21(25-18)22-12-23-26)17-8-7-16(28-2)10-20(17)29-3/h4-12,19H,1-3H3,(H,24,27)(H,22,23,25). The average molecular weight is 391 g/mol. The zero-order valence-electron chi connectivity index (χ0n) is 16.3. The third-order valence-electron chi connectivity index (χ3n) is 4.66. The summed E-state index contributed by atoms with van der Waals surface area (Å²) in [5.74, 6) is 1.91. The summed E-state index contributed by atoms with van der Waals surface area (Å²) in [5, 5.41) is 10.5. The number of rotatable bonds is 5. The molecule has 0 aliphatic carbocycles. The van der Waals surface area contributed by atoms with Gasteiger partial charge in [0.15, 0.2) is 0 Å². The first-order chi connectivity index (χ1) is 14.1. The second-order valence-corrected chi connectivity index (χ2v) is 6.55. The molecule has 1 aliphatic rings. The first-order valence-electron chi connectivity index (χ1n) is 9.07. The molecule has 29 heavy (non-hydrogen) atoms. The van der Waals surface area contributed by atoms with Crippen LogP contribution in [0.15, 0.2) is 54.9 Å². The van der Waals surface area contributed by atoms with Crippen molar-refractivity contribution < 1.29 is 14.3 Å². The molecule has 8 heteroatoms. The molecule has 1 aromatic heterocycles. The predicted molar refractivity (Wildman–Crippen MR) is 110 cm³/mol. The van der Waals surface area contributed by atoms with Crippen molar-refractivity contribution in [1.29, 1.82) is 0 Å². The van der Waals surface area contributed by atoms with Crippen molar-refractivity contribution in [3.8, 4) is 11.5 Å². The predicted octanol–water partition coefficient (Wildman–Crippen LogP) is 3.31. The summed E-state index contributed by atoms with van der Waals surface area (Å²) >= 11 is 0. The maximum absolute atomic E-state index is 11.4. The Labute approximate surface area is 168 Å². The molecule has 3 aromatic rings. The molecule has 0 spiro atoms. The van der Waals surface area contributed by atoms with Crippen LogP contribution in [0, 0.1) is 0 Å². The van der Waals surface area contributed by atoms with Crippen LogP contribution in [-0.2, 0) is 4.79 Å². The lowest BCUT2D eigenvalue weighted by molar-refractivity contribution is -0.114. The van der Waals surface area contributed by atoms with Gasteiger partial charge in [-0.2, -0.15) is 10.1 Å². The fraction of sp³-hybridized carbons (Fsp3) is 0.190. The Morgan fingerprint density at radius 2 is 2.03 bits per heavy atom. The number of allylic oxidation sites excluding steroid dienone is 1. The minimum absolute atomic E-state index is 0.117. The maximum atomic E-state index is 11.4. The largest absolute Gasteiger partial charge is 0.497 e. The molecular formula is C21H21N5O3. The monoisotopic (exact) mass is 391 g/mol. The van der Waals surface area contributed by atoms with Crippen LogP contribution in [0.5, 0.6) is 11.5 Å². The van der Waals surface area contributed by atoms with Crippen LogP contribution in [0.2, 0.25) is 0 Å². The van der Waals surface area contributed by atoms with Crippen LogP contribution in [0.4, 0.5) is 11.6 Å². The lowest BCUT2D eigenvalue weighted by Gasteiger charge is -2.26. The lowest BCUT2D eigenvalue weighted by Crippen LogP contribution is -2.20. The third-order valence-corrected chi connectivity index (χ3v) is 4.66. The summed E-state index contributed by atoms with van der Waals surface area (Å²) in [6, 6.07) is 13.1. The number of aromatic nitrogens is 3. The number of ether oxygens (including phenoxy) is 2. The van der Waals surface area contributed by atoms with Gasteiger partial charge in [0.05, 0.1) is 14.2 Å². The highest BCUT2D eigenvalue weighted by Crippen LogP contribution is 2.37. The quantitative estimate of drug-likeness (QED) is 0.694. The molecule has 2 N–H and O–H groups in total. The second kappa shape index (κ2) is 7.67. The van der Waals surface area contributed by atoms with Crippen molar-refractivity contribution in [2.24, 2.45) is 0 Å². The van der Waals surface area contributed by atoms with E-state index < -0.39 is 0 Å². The SMILES string of the molecule is COc1ccc(C2C=C(c3cccc(NC(C)=O)c3)Nc3ncnn32)c(OC)c1. The van der Waals surface area contributed by atoms with Crippen molar-refractivity contribution in [3.05, 3.63) is 66.0 Å². The smallest absolute Gasteiger partial charge is 0.226 e. The molecule has 1 atom stereocenters. The summed E-state index contributed by atoms with van der Waals surface area (Å²) in [7, 11) is 3.25. The maximum Gasteiger partial charge on any atom is 0.226 e. The number of carbonyl (C=O) groups is 1. The van der Waals surface area contributed by atoms with Gasteiger partial charge in [-0.25, -0.2) is 4.68 Å². The highest BCUT2D eigenvalue weighted by molar-refractivity contribution is 5.89. The van der Waals surface area contributed by atoms with Crippen molar-refractivity contribution >= 4 is 23.2 Å². The zero-order valence-corrected chi connectivity index (χ0v) is 16.3. The minimum Gasteiger partial charge on any atom is -0.497 e. The summed E-state index contributed by atoms with van der Waals surface area (Å²) in [4.78, 5) is 15.7. The van der Waals surface area contributed by atoms with Gasteiger partial charge in [0, 0.05) is 29.9 Å². The summed E-state index contributed by atoms with van der Waals surface area (Å²) in [6.07, 6.45) is 3.56. The molecule has 2 aromatic carbocycles. The van der Waals surface area contributed by atoms with E-state index in [9.17, 15) is 4.79 Å². The van der Waals surface area contributed by atoms with E-state index in [1.54, 1.807) is 18.9 Å². The number of fused-ring (bicyclic) bond motifs is 1. The fourth-order valence-electron chi connectivity index (χ4n) is 3.35. The molecule has 0 saturated heterocycles. The molecule has 2 heterocycles. The Balaban J connectivity index is 1.79. The summed E-state index contributed by atoms with van der Waals surface area (Å²) in [5.41, 5.74) is 3.43. The van der Waals surface area contributed by atoms with Gasteiger partial charge in [0.25, 0.3) is 0 Å². The van der Waals surface area contributed by atoms with Gasteiger partial charge < -0.3 is 20.1 Å². The molecule has 0 bridgehead atoms. The number of nitrogens with one attached hydrogen (secondary N) is 2. The van der Waals surface area contributed by atoms with Crippen LogP contribution in [0.1, 0.15) is 24.1 Å². The first-order valence-corrected chi connectivity index (χ1v) is 9.07. The Bertz CT molecular complexity index is 1090. The number of amides is 1. The molecule has 1 amide bonds. The van der Waals surface area contributed by atoms with E-state index >= 15 is 0 Å². The van der Waals surface area contributed by atoms with E-state index in [0.29, 0.717) is 17.4 Å². The topological polar surface area (TPSA) is 90.3 Å². The number of carbonyl (C=O) groups excluding carboxylic acids is 1. The molecule has 0 fully saturated rings. The van der Waals surface area contributed by atoms with Crippen LogP contribution < -0.4 is 20.1 Å². The van der Waals surface area contributed by atoms with Crippen LogP contribution in [-0.4, -0.2) is 34.9 Å². The van der Waals surface area contributed by atoms with Crippen molar-refractivity contribution in [3.63, 3.8) is 0 Å². The van der Waals surface area contributed by atoms with E-state index in [2.05, 4.69) is 26.8 Å². The first kappa shape index (κ1) is 18.5. The van der Waals surface area contributed by atoms with E-state index in [0.717, 1.165) is 22.5 Å². The molecule has 8 nitrogen and oxygen atoms in total. The molecule has 1 unspecified atom stereocenters. The van der Waals surface area contributed by atoms with Crippen molar-refractivity contribution in [2.45, 2.75) is 13.0 Å². The Morgan fingerprint density at radius 1 is 1.17 bits per heavy atom. The fourth-order valence-corrected chi connectivity index (χ4v) is 3.35. The van der Waals surface area contributed by atoms with Gasteiger partial charge >= 0.3 is 0 Å². The minimum atomic E-state index is -0.228. The van der Waals surface area contributed by atoms with Gasteiger partial charge in [0.2, 0.25) is 11.9 Å². The van der Waals surface area contributed by atoms with Crippen LogP contribution in [0.3, 0.4) is 0 Å². The van der Waals surface area contributed by atoms with E-state index in [1.807, 2.05) is 42.5 Å². The van der Waals surface area contributed by atoms with Crippen molar-refractivity contribution in [2.75, 3.05) is 24.9 Å². The second-order valence-electron chi connectivity index (χ2n) is 6.55. The van der Waals surface area contributed by atoms with Crippen LogP contribution >= 0.6 is 0 Å². The zero-order chi connectivity index (χ0) is 20.4. The molecule has 0 radical (unpaired) electrons. The average Bonchev–Trinajstić information content (AvgIpc) is 3.21. The molecule has 148 valence electrons. The molecular weight excluding hydrogens is 370 g/mol. The third kappa shape index (κ3) is 3.64.